The molecular weight excluding hydrogens is 260 g/mol. The third-order valence-corrected chi connectivity index (χ3v) is 4.00. The van der Waals surface area contributed by atoms with Crippen molar-refractivity contribution in [3.8, 4) is 6.07 Å². The molecule has 19 heavy (non-hydrogen) atoms. The number of nitrogens with zero attached hydrogens (tertiary/aromatic N) is 4. The smallest absolute Gasteiger partial charge is 0.191 e. The first kappa shape index (κ1) is 12.3. The summed E-state index contributed by atoms with van der Waals surface area (Å²) in [5.74, 6) is 3.25. The van der Waals surface area contributed by atoms with Crippen molar-refractivity contribution in [3.05, 3.63) is 30.0 Å². The van der Waals surface area contributed by atoms with E-state index >= 15 is 0 Å². The number of furan rings is 1. The third-order valence-electron chi connectivity index (χ3n) is 3.03. The zero-order valence-corrected chi connectivity index (χ0v) is 11.3. The molecular formula is C13H14N4OS. The average molecular weight is 274 g/mol. The van der Waals surface area contributed by atoms with Crippen LogP contribution in [0.25, 0.3) is 0 Å². The van der Waals surface area contributed by atoms with Crippen molar-refractivity contribution in [2.45, 2.75) is 36.9 Å². The largest absolute Gasteiger partial charge is 0.467 e. The molecule has 0 spiro atoms. The van der Waals surface area contributed by atoms with E-state index in [1.807, 2.05) is 12.1 Å². The molecule has 0 aliphatic heterocycles. The number of rotatable bonds is 6. The van der Waals surface area contributed by atoms with Gasteiger partial charge in [-0.1, -0.05) is 11.8 Å². The Morgan fingerprint density at radius 2 is 2.37 bits per heavy atom. The average Bonchev–Trinajstić information content (AvgIpc) is 2.98. The fourth-order valence-electron chi connectivity index (χ4n) is 1.95. The molecule has 0 aromatic carbocycles. The topological polar surface area (TPSA) is 67.6 Å². The highest BCUT2D eigenvalue weighted by Crippen LogP contribution is 2.40. The van der Waals surface area contributed by atoms with Crippen LogP contribution in [0, 0.1) is 11.3 Å². The zero-order chi connectivity index (χ0) is 13.1. The molecule has 2 aromatic heterocycles. The first-order chi connectivity index (χ1) is 9.38. The molecule has 2 heterocycles. The molecule has 0 N–H and O–H groups in total. The number of thioether (sulfide) groups is 1. The monoisotopic (exact) mass is 274 g/mol. The van der Waals surface area contributed by atoms with Gasteiger partial charge in [0.2, 0.25) is 0 Å². The van der Waals surface area contributed by atoms with Crippen LogP contribution in [0.3, 0.4) is 0 Å². The van der Waals surface area contributed by atoms with Gasteiger partial charge in [-0.2, -0.15) is 5.26 Å². The minimum absolute atomic E-state index is 0.525. The number of hydrogen-bond donors (Lipinski definition) is 0. The van der Waals surface area contributed by atoms with Crippen molar-refractivity contribution >= 4 is 11.8 Å². The number of nitriles is 1. The van der Waals surface area contributed by atoms with E-state index in [0.29, 0.717) is 18.9 Å². The van der Waals surface area contributed by atoms with Gasteiger partial charge in [0.15, 0.2) is 5.16 Å². The molecule has 2 aromatic rings. The van der Waals surface area contributed by atoms with Gasteiger partial charge in [-0.05, 0) is 25.0 Å². The first-order valence-corrected chi connectivity index (χ1v) is 7.32. The SMILES string of the molecule is N#CCCSc1nnc(C2CC2)n1Cc1ccco1. The van der Waals surface area contributed by atoms with Crippen LogP contribution >= 0.6 is 11.8 Å². The van der Waals surface area contributed by atoms with Gasteiger partial charge < -0.3 is 4.42 Å². The van der Waals surface area contributed by atoms with Crippen LogP contribution < -0.4 is 0 Å². The molecule has 0 saturated heterocycles. The van der Waals surface area contributed by atoms with Crippen molar-refractivity contribution < 1.29 is 4.42 Å². The molecule has 6 heteroatoms. The standard InChI is InChI=1S/C13H14N4OS/c14-6-2-8-19-13-16-15-12(10-4-5-10)17(13)9-11-3-1-7-18-11/h1,3,7,10H,2,4-5,8-9H2. The van der Waals surface area contributed by atoms with Gasteiger partial charge in [-0.3, -0.25) is 4.57 Å². The normalized spacial score (nSPS) is 14.5. The molecule has 0 unspecified atom stereocenters. The number of hydrogen-bond acceptors (Lipinski definition) is 5. The fraction of sp³-hybridized carbons (Fsp3) is 0.462. The van der Waals surface area contributed by atoms with E-state index in [-0.39, 0.29) is 0 Å². The van der Waals surface area contributed by atoms with Crippen LogP contribution in [0.2, 0.25) is 0 Å². The maximum atomic E-state index is 8.60. The molecule has 98 valence electrons. The van der Waals surface area contributed by atoms with Gasteiger partial charge in [-0.25, -0.2) is 0 Å². The summed E-state index contributed by atoms with van der Waals surface area (Å²) in [5, 5.41) is 18.0. The molecule has 5 nitrogen and oxygen atoms in total. The molecule has 0 amide bonds. The fourth-order valence-corrected chi connectivity index (χ4v) is 2.73. The summed E-state index contributed by atoms with van der Waals surface area (Å²) in [6.45, 7) is 0.667. The Morgan fingerprint density at radius 3 is 3.05 bits per heavy atom. The zero-order valence-electron chi connectivity index (χ0n) is 10.5. The van der Waals surface area contributed by atoms with E-state index in [0.717, 1.165) is 22.5 Å². The molecule has 0 atom stereocenters. The highest BCUT2D eigenvalue weighted by molar-refractivity contribution is 7.99. The molecule has 0 bridgehead atoms. The summed E-state index contributed by atoms with van der Waals surface area (Å²) in [5.41, 5.74) is 0. The van der Waals surface area contributed by atoms with Crippen molar-refractivity contribution in [1.82, 2.24) is 14.8 Å². The van der Waals surface area contributed by atoms with E-state index in [1.54, 1.807) is 18.0 Å². The maximum Gasteiger partial charge on any atom is 0.191 e. The van der Waals surface area contributed by atoms with Crippen LogP contribution in [0.5, 0.6) is 0 Å². The predicted octanol–water partition coefficient (Wildman–Crippen LogP) is 2.80. The highest BCUT2D eigenvalue weighted by Gasteiger charge is 2.30. The molecule has 0 radical (unpaired) electrons. The minimum atomic E-state index is 0.525. The lowest BCUT2D eigenvalue weighted by molar-refractivity contribution is 0.478. The minimum Gasteiger partial charge on any atom is -0.467 e. The van der Waals surface area contributed by atoms with Crippen LogP contribution in [-0.2, 0) is 6.54 Å². The summed E-state index contributed by atoms with van der Waals surface area (Å²) in [4.78, 5) is 0. The van der Waals surface area contributed by atoms with E-state index in [9.17, 15) is 0 Å². The molecule has 1 saturated carbocycles. The molecule has 3 rings (SSSR count). The third kappa shape index (κ3) is 2.82. The lowest BCUT2D eigenvalue weighted by Gasteiger charge is -2.07. The summed E-state index contributed by atoms with van der Waals surface area (Å²) in [6, 6.07) is 5.99. The maximum absolute atomic E-state index is 8.60. The second-order valence-electron chi connectivity index (χ2n) is 4.54. The summed E-state index contributed by atoms with van der Waals surface area (Å²) < 4.78 is 7.53. The Kier molecular flexibility index (Phi) is 3.56. The quantitative estimate of drug-likeness (QED) is 0.598. The molecule has 1 fully saturated rings. The van der Waals surface area contributed by atoms with E-state index < -0.39 is 0 Å². The Hall–Kier alpha value is -1.74. The van der Waals surface area contributed by atoms with Gasteiger partial charge in [-0.15, -0.1) is 10.2 Å². The van der Waals surface area contributed by atoms with E-state index in [1.165, 1.54) is 12.8 Å². The van der Waals surface area contributed by atoms with Crippen LogP contribution in [0.1, 0.15) is 36.8 Å². The second-order valence-corrected chi connectivity index (χ2v) is 5.60. The van der Waals surface area contributed by atoms with E-state index in [4.69, 9.17) is 9.68 Å². The Labute approximate surface area is 115 Å². The lowest BCUT2D eigenvalue weighted by Crippen LogP contribution is -2.05. The van der Waals surface area contributed by atoms with Gasteiger partial charge in [0, 0.05) is 18.1 Å². The van der Waals surface area contributed by atoms with E-state index in [2.05, 4.69) is 20.8 Å². The van der Waals surface area contributed by atoms with Gasteiger partial charge in [0.05, 0.1) is 18.9 Å². The van der Waals surface area contributed by atoms with Crippen molar-refractivity contribution in [3.63, 3.8) is 0 Å². The van der Waals surface area contributed by atoms with Crippen LogP contribution in [0.15, 0.2) is 28.0 Å². The number of aromatic nitrogens is 3. The predicted molar refractivity (Wildman–Crippen MR) is 70.8 cm³/mol. The molecule has 1 aliphatic carbocycles. The van der Waals surface area contributed by atoms with Gasteiger partial charge in [0.1, 0.15) is 11.6 Å². The Balaban J connectivity index is 1.80. The summed E-state index contributed by atoms with van der Waals surface area (Å²) in [7, 11) is 0. The van der Waals surface area contributed by atoms with Gasteiger partial charge in [0.25, 0.3) is 0 Å². The highest BCUT2D eigenvalue weighted by atomic mass is 32.2. The van der Waals surface area contributed by atoms with Crippen molar-refractivity contribution in [2.75, 3.05) is 5.75 Å². The van der Waals surface area contributed by atoms with Crippen molar-refractivity contribution in [1.29, 1.82) is 5.26 Å². The first-order valence-electron chi connectivity index (χ1n) is 6.33. The van der Waals surface area contributed by atoms with Crippen LogP contribution in [0.4, 0.5) is 0 Å². The lowest BCUT2D eigenvalue weighted by atomic mass is 10.3. The van der Waals surface area contributed by atoms with Gasteiger partial charge >= 0.3 is 0 Å². The summed E-state index contributed by atoms with van der Waals surface area (Å²) >= 11 is 1.58. The Bertz CT molecular complexity index is 580. The van der Waals surface area contributed by atoms with Crippen molar-refractivity contribution in [2.24, 2.45) is 0 Å². The summed E-state index contributed by atoms with van der Waals surface area (Å²) in [6.07, 6.45) is 4.59. The second kappa shape index (κ2) is 5.49. The molecule has 1 aliphatic rings. The Morgan fingerprint density at radius 1 is 1.47 bits per heavy atom. The van der Waals surface area contributed by atoms with Crippen LogP contribution in [-0.4, -0.2) is 20.5 Å².